The molecule has 3 rings (SSSR count). The van der Waals surface area contributed by atoms with Crippen LogP contribution in [-0.4, -0.2) is 38.0 Å². The van der Waals surface area contributed by atoms with Gasteiger partial charge in [-0.05, 0) is 55.7 Å². The Labute approximate surface area is 178 Å². The topological polar surface area (TPSA) is 74.6 Å². The van der Waals surface area contributed by atoms with Crippen LogP contribution in [0.25, 0.3) is 0 Å². The van der Waals surface area contributed by atoms with Gasteiger partial charge in [-0.15, -0.1) is 0 Å². The van der Waals surface area contributed by atoms with Crippen molar-refractivity contribution < 1.29 is 14.3 Å². The van der Waals surface area contributed by atoms with Crippen LogP contribution in [0.15, 0.2) is 48.5 Å². The van der Waals surface area contributed by atoms with Gasteiger partial charge in [-0.2, -0.15) is 5.26 Å². The quantitative estimate of drug-likeness (QED) is 0.721. The Balaban J connectivity index is 1.92. The number of hydrogen-bond acceptors (Lipinski definition) is 6. The fourth-order valence-electron chi connectivity index (χ4n) is 3.99. The van der Waals surface area contributed by atoms with Gasteiger partial charge < -0.3 is 19.7 Å². The Hall–Kier alpha value is -3.04. The summed E-state index contributed by atoms with van der Waals surface area (Å²) < 4.78 is 11.0. The summed E-state index contributed by atoms with van der Waals surface area (Å²) in [7, 11) is 1.42. The fourth-order valence-corrected chi connectivity index (χ4v) is 3.99. The van der Waals surface area contributed by atoms with Crippen LogP contribution in [0.4, 0.5) is 11.4 Å². The lowest BCUT2D eigenvalue weighted by Crippen LogP contribution is -2.57. The number of hydrogen-bond donors (Lipinski definition) is 1. The highest BCUT2D eigenvalue weighted by atomic mass is 16.5. The van der Waals surface area contributed by atoms with E-state index in [1.54, 1.807) is 12.1 Å². The number of esters is 1. The second kappa shape index (κ2) is 9.64. The number of carbonyl (C=O) groups is 1. The SMILES string of the molecule is COC(=O)CC(C)c1ccccc1N1C[C@@H](C)O[C@@H](C)C1Nc1ccc(C#N)cc1. The van der Waals surface area contributed by atoms with Gasteiger partial charge in [0.25, 0.3) is 0 Å². The zero-order valence-corrected chi connectivity index (χ0v) is 18.0. The molecule has 0 bridgehead atoms. The first-order valence-electron chi connectivity index (χ1n) is 10.3. The van der Waals surface area contributed by atoms with Crippen molar-refractivity contribution in [3.8, 4) is 6.07 Å². The van der Waals surface area contributed by atoms with Gasteiger partial charge in [-0.25, -0.2) is 0 Å². The van der Waals surface area contributed by atoms with Crippen LogP contribution in [-0.2, 0) is 14.3 Å². The van der Waals surface area contributed by atoms with Crippen molar-refractivity contribution in [2.75, 3.05) is 23.9 Å². The maximum Gasteiger partial charge on any atom is 0.306 e. The summed E-state index contributed by atoms with van der Waals surface area (Å²) in [6, 6.07) is 17.8. The first-order valence-corrected chi connectivity index (χ1v) is 10.3. The Morgan fingerprint density at radius 2 is 1.97 bits per heavy atom. The smallest absolute Gasteiger partial charge is 0.306 e. The third-order valence-corrected chi connectivity index (χ3v) is 5.49. The van der Waals surface area contributed by atoms with E-state index >= 15 is 0 Å². The molecule has 1 saturated heterocycles. The van der Waals surface area contributed by atoms with E-state index in [4.69, 9.17) is 14.7 Å². The maximum atomic E-state index is 11.9. The average molecular weight is 408 g/mol. The lowest BCUT2D eigenvalue weighted by Gasteiger charge is -2.45. The van der Waals surface area contributed by atoms with Crippen molar-refractivity contribution in [2.45, 2.75) is 51.5 Å². The van der Waals surface area contributed by atoms with Gasteiger partial charge in [0.05, 0.1) is 37.4 Å². The van der Waals surface area contributed by atoms with Crippen molar-refractivity contribution in [3.05, 3.63) is 59.7 Å². The number of anilines is 2. The summed E-state index contributed by atoms with van der Waals surface area (Å²) in [5.41, 5.74) is 3.74. The second-order valence-corrected chi connectivity index (χ2v) is 7.82. The Bertz CT molecular complexity index is 907. The Kier molecular flexibility index (Phi) is 6.96. The molecule has 1 heterocycles. The summed E-state index contributed by atoms with van der Waals surface area (Å²) in [4.78, 5) is 14.2. The summed E-state index contributed by atoms with van der Waals surface area (Å²) in [6.45, 7) is 6.90. The minimum atomic E-state index is -0.215. The Morgan fingerprint density at radius 1 is 1.27 bits per heavy atom. The van der Waals surface area contributed by atoms with Crippen LogP contribution in [0.3, 0.4) is 0 Å². The molecule has 1 N–H and O–H groups in total. The lowest BCUT2D eigenvalue weighted by molar-refractivity contribution is -0.140. The fraction of sp³-hybridized carbons (Fsp3) is 0.417. The van der Waals surface area contributed by atoms with Crippen molar-refractivity contribution >= 4 is 17.3 Å². The third-order valence-electron chi connectivity index (χ3n) is 5.49. The van der Waals surface area contributed by atoms with E-state index in [2.05, 4.69) is 42.3 Å². The normalized spacial score (nSPS) is 22.1. The van der Waals surface area contributed by atoms with Gasteiger partial charge in [0.2, 0.25) is 0 Å². The van der Waals surface area contributed by atoms with Crippen LogP contribution in [0.5, 0.6) is 0 Å². The molecule has 1 aliphatic rings. The van der Waals surface area contributed by atoms with E-state index in [1.807, 2.05) is 31.2 Å². The van der Waals surface area contributed by atoms with E-state index in [0.29, 0.717) is 12.0 Å². The number of methoxy groups -OCH3 is 1. The largest absolute Gasteiger partial charge is 0.469 e. The molecule has 0 spiro atoms. The molecule has 0 aromatic heterocycles. The number of ether oxygens (including phenoxy) is 2. The zero-order valence-electron chi connectivity index (χ0n) is 18.0. The number of rotatable bonds is 6. The monoisotopic (exact) mass is 407 g/mol. The first kappa shape index (κ1) is 21.7. The molecule has 30 heavy (non-hydrogen) atoms. The minimum absolute atomic E-state index is 0.0256. The van der Waals surface area contributed by atoms with Gasteiger partial charge in [-0.1, -0.05) is 25.1 Å². The predicted octanol–water partition coefficient (Wildman–Crippen LogP) is 4.28. The molecular formula is C24H29N3O3. The van der Waals surface area contributed by atoms with Crippen LogP contribution >= 0.6 is 0 Å². The highest BCUT2D eigenvalue weighted by molar-refractivity contribution is 5.71. The van der Waals surface area contributed by atoms with E-state index in [0.717, 1.165) is 23.5 Å². The molecule has 2 aromatic rings. The van der Waals surface area contributed by atoms with Gasteiger partial charge in [0.15, 0.2) is 0 Å². The molecule has 0 aliphatic carbocycles. The number of morpholine rings is 1. The first-order chi connectivity index (χ1) is 14.4. The summed E-state index contributed by atoms with van der Waals surface area (Å²) in [5, 5.41) is 12.6. The summed E-state index contributed by atoms with van der Waals surface area (Å²) >= 11 is 0. The molecular weight excluding hydrogens is 378 g/mol. The van der Waals surface area contributed by atoms with Gasteiger partial charge >= 0.3 is 5.97 Å². The minimum Gasteiger partial charge on any atom is -0.469 e. The molecule has 1 aliphatic heterocycles. The molecule has 2 unspecified atom stereocenters. The van der Waals surface area contributed by atoms with Crippen molar-refractivity contribution in [1.29, 1.82) is 5.26 Å². The van der Waals surface area contributed by atoms with Crippen LogP contribution in [0, 0.1) is 11.3 Å². The zero-order chi connectivity index (χ0) is 21.7. The highest BCUT2D eigenvalue weighted by Gasteiger charge is 2.34. The molecule has 0 saturated carbocycles. The lowest BCUT2D eigenvalue weighted by atomic mass is 9.94. The standard InChI is InChI=1S/C24H29N3O3/c1-16(13-23(28)29-4)21-7-5-6-8-22(21)27-15-17(2)30-18(3)24(27)26-20-11-9-19(14-25)10-12-20/h5-12,16-18,24,26H,13,15H2,1-4H3/t16?,17-,18+,24?/m1/s1. The summed E-state index contributed by atoms with van der Waals surface area (Å²) in [6.07, 6.45) is 0.244. The molecule has 2 aromatic carbocycles. The molecule has 0 radical (unpaired) electrons. The molecule has 158 valence electrons. The molecule has 6 nitrogen and oxygen atoms in total. The average Bonchev–Trinajstić information content (AvgIpc) is 2.75. The van der Waals surface area contributed by atoms with Gasteiger partial charge in [0, 0.05) is 17.9 Å². The number of carbonyl (C=O) groups excluding carboxylic acids is 1. The molecule has 1 fully saturated rings. The molecule has 6 heteroatoms. The second-order valence-electron chi connectivity index (χ2n) is 7.82. The van der Waals surface area contributed by atoms with Gasteiger partial charge in [-0.3, -0.25) is 4.79 Å². The number of para-hydroxylation sites is 1. The number of nitrogens with zero attached hydrogens (tertiary/aromatic N) is 2. The predicted molar refractivity (Wildman–Crippen MR) is 117 cm³/mol. The highest BCUT2D eigenvalue weighted by Crippen LogP contribution is 2.34. The third kappa shape index (κ3) is 4.92. The van der Waals surface area contributed by atoms with Crippen LogP contribution in [0.2, 0.25) is 0 Å². The maximum absolute atomic E-state index is 11.9. The van der Waals surface area contributed by atoms with Crippen LogP contribution < -0.4 is 10.2 Å². The van der Waals surface area contributed by atoms with Crippen molar-refractivity contribution in [2.24, 2.45) is 0 Å². The molecule has 4 atom stereocenters. The number of benzene rings is 2. The van der Waals surface area contributed by atoms with Crippen molar-refractivity contribution in [3.63, 3.8) is 0 Å². The van der Waals surface area contributed by atoms with Gasteiger partial charge in [0.1, 0.15) is 6.17 Å². The van der Waals surface area contributed by atoms with E-state index in [-0.39, 0.29) is 30.3 Å². The van der Waals surface area contributed by atoms with Crippen molar-refractivity contribution in [1.82, 2.24) is 0 Å². The van der Waals surface area contributed by atoms with Crippen LogP contribution in [0.1, 0.15) is 44.2 Å². The van der Waals surface area contributed by atoms with E-state index < -0.39 is 0 Å². The number of nitrogens with one attached hydrogen (secondary N) is 1. The molecule has 0 amide bonds. The van der Waals surface area contributed by atoms with E-state index in [9.17, 15) is 4.79 Å². The number of nitriles is 1. The summed E-state index contributed by atoms with van der Waals surface area (Å²) in [5.74, 6) is -0.189. The Morgan fingerprint density at radius 3 is 2.63 bits per heavy atom. The van der Waals surface area contributed by atoms with E-state index in [1.165, 1.54) is 7.11 Å².